The summed E-state index contributed by atoms with van der Waals surface area (Å²) in [4.78, 5) is 31.0. The van der Waals surface area contributed by atoms with E-state index < -0.39 is 6.04 Å². The van der Waals surface area contributed by atoms with Crippen LogP contribution in [0.2, 0.25) is 0 Å². The van der Waals surface area contributed by atoms with Gasteiger partial charge in [0.15, 0.2) is 5.43 Å². The van der Waals surface area contributed by atoms with Crippen LogP contribution in [-0.4, -0.2) is 49.0 Å². The minimum atomic E-state index is -0.481. The third kappa shape index (κ3) is 4.40. The number of carbonyl (C=O) groups is 1. The molecule has 0 bridgehead atoms. The van der Waals surface area contributed by atoms with E-state index in [-0.39, 0.29) is 23.2 Å². The van der Waals surface area contributed by atoms with Gasteiger partial charge in [-0.05, 0) is 95.7 Å². The van der Waals surface area contributed by atoms with Gasteiger partial charge in [-0.3, -0.25) is 9.59 Å². The van der Waals surface area contributed by atoms with Crippen molar-refractivity contribution >= 4 is 16.9 Å². The Kier molecular flexibility index (Phi) is 6.30. The van der Waals surface area contributed by atoms with E-state index >= 15 is 0 Å². The Morgan fingerprint density at radius 1 is 1.06 bits per heavy atom. The molecule has 0 fully saturated rings. The van der Waals surface area contributed by atoms with Crippen LogP contribution in [0.1, 0.15) is 59.1 Å². The lowest BCUT2D eigenvalue weighted by atomic mass is 9.97. The maximum Gasteiger partial charge on any atom is 0.290 e. The molecule has 1 amide bonds. The highest BCUT2D eigenvalue weighted by Gasteiger charge is 2.42. The van der Waals surface area contributed by atoms with Crippen LogP contribution < -0.4 is 10.2 Å². The second-order valence-corrected chi connectivity index (χ2v) is 9.40. The number of fused-ring (bicyclic) bond motifs is 2. The SMILES string of the molecule is Cc1cc2oc3c(c(=O)c2cc1C)[C@H](c1ccc(OC(C)C)cc1)N(CCCN(C)C)C3=O. The Hall–Kier alpha value is -3.12. The number of rotatable bonds is 7. The summed E-state index contributed by atoms with van der Waals surface area (Å²) < 4.78 is 11.9. The molecule has 0 N–H and O–H groups in total. The number of carbonyl (C=O) groups excluding carboxylic acids is 1. The van der Waals surface area contributed by atoms with E-state index in [1.807, 2.05) is 78.2 Å². The first-order valence-corrected chi connectivity index (χ1v) is 11.5. The van der Waals surface area contributed by atoms with Crippen LogP contribution in [0.3, 0.4) is 0 Å². The molecule has 0 spiro atoms. The highest BCUT2D eigenvalue weighted by atomic mass is 16.5. The predicted molar refractivity (Wildman–Crippen MR) is 130 cm³/mol. The van der Waals surface area contributed by atoms with E-state index in [0.717, 1.165) is 35.4 Å². The zero-order chi connectivity index (χ0) is 23.9. The molecule has 6 heteroatoms. The number of hydrogen-bond acceptors (Lipinski definition) is 5. The van der Waals surface area contributed by atoms with Crippen LogP contribution in [0.5, 0.6) is 5.75 Å². The van der Waals surface area contributed by atoms with Gasteiger partial charge in [-0.15, -0.1) is 0 Å². The maximum absolute atomic E-state index is 13.7. The summed E-state index contributed by atoms with van der Waals surface area (Å²) in [5.41, 5.74) is 3.68. The van der Waals surface area contributed by atoms with Crippen molar-refractivity contribution in [1.29, 1.82) is 0 Å². The molecule has 0 unspecified atom stereocenters. The summed E-state index contributed by atoms with van der Waals surface area (Å²) in [7, 11) is 4.02. The molecule has 6 nitrogen and oxygen atoms in total. The molecule has 0 aliphatic carbocycles. The topological polar surface area (TPSA) is 63.0 Å². The third-order valence-corrected chi connectivity index (χ3v) is 6.15. The molecule has 0 saturated carbocycles. The molecule has 1 aliphatic rings. The number of amides is 1. The molecular formula is C27H32N2O4. The zero-order valence-electron chi connectivity index (χ0n) is 20.3. The van der Waals surface area contributed by atoms with Gasteiger partial charge in [-0.2, -0.15) is 0 Å². The molecule has 4 rings (SSSR count). The fourth-order valence-corrected chi connectivity index (χ4v) is 4.41. The molecule has 33 heavy (non-hydrogen) atoms. The number of hydrogen-bond donors (Lipinski definition) is 0. The molecular weight excluding hydrogens is 416 g/mol. The second kappa shape index (κ2) is 9.02. The van der Waals surface area contributed by atoms with Gasteiger partial charge in [-0.1, -0.05) is 12.1 Å². The van der Waals surface area contributed by atoms with Gasteiger partial charge < -0.3 is 19.0 Å². The standard InChI is InChI=1S/C27H32N2O4/c1-16(2)32-20-10-8-19(9-11-20)24-23-25(30)21-14-17(3)18(4)15-22(21)33-26(23)27(31)29(24)13-7-12-28(5)6/h8-11,14-16,24H,7,12-13H2,1-6H3/t24-/m0/s1. The molecule has 2 aromatic carbocycles. The Bertz CT molecular complexity index is 1240. The van der Waals surface area contributed by atoms with Crippen LogP contribution in [0.25, 0.3) is 11.0 Å². The minimum absolute atomic E-state index is 0.0669. The van der Waals surface area contributed by atoms with E-state index in [4.69, 9.17) is 9.15 Å². The lowest BCUT2D eigenvalue weighted by Crippen LogP contribution is -2.32. The van der Waals surface area contributed by atoms with Gasteiger partial charge >= 0.3 is 0 Å². The molecule has 3 aromatic rings. The molecule has 1 aliphatic heterocycles. The number of ether oxygens (including phenoxy) is 1. The quantitative estimate of drug-likeness (QED) is 0.525. The summed E-state index contributed by atoms with van der Waals surface area (Å²) >= 11 is 0. The lowest BCUT2D eigenvalue weighted by molar-refractivity contribution is 0.0722. The van der Waals surface area contributed by atoms with Gasteiger partial charge in [0.1, 0.15) is 11.3 Å². The highest BCUT2D eigenvalue weighted by Crippen LogP contribution is 2.39. The fraction of sp³-hybridized carbons (Fsp3) is 0.407. The minimum Gasteiger partial charge on any atom is -0.491 e. The van der Waals surface area contributed by atoms with Crippen LogP contribution in [0.4, 0.5) is 0 Å². The molecule has 174 valence electrons. The van der Waals surface area contributed by atoms with Gasteiger partial charge in [-0.25, -0.2) is 0 Å². The molecule has 0 radical (unpaired) electrons. The molecule has 1 aromatic heterocycles. The van der Waals surface area contributed by atoms with Gasteiger partial charge in [0, 0.05) is 6.54 Å². The van der Waals surface area contributed by atoms with Crippen LogP contribution in [-0.2, 0) is 0 Å². The number of nitrogens with zero attached hydrogens (tertiary/aromatic N) is 2. The third-order valence-electron chi connectivity index (χ3n) is 6.15. The van der Waals surface area contributed by atoms with E-state index in [9.17, 15) is 9.59 Å². The van der Waals surface area contributed by atoms with E-state index in [1.54, 1.807) is 4.90 Å². The second-order valence-electron chi connectivity index (χ2n) is 9.40. The normalized spacial score (nSPS) is 15.7. The average molecular weight is 449 g/mol. The predicted octanol–water partition coefficient (Wildman–Crippen LogP) is 4.69. The van der Waals surface area contributed by atoms with Crippen LogP contribution in [0, 0.1) is 13.8 Å². The summed E-state index contributed by atoms with van der Waals surface area (Å²) in [6, 6.07) is 10.9. The molecule has 2 heterocycles. The molecule has 0 saturated heterocycles. The van der Waals surface area contributed by atoms with Crippen molar-refractivity contribution in [3.63, 3.8) is 0 Å². The van der Waals surface area contributed by atoms with Crippen molar-refractivity contribution in [3.05, 3.63) is 74.6 Å². The Morgan fingerprint density at radius 2 is 1.73 bits per heavy atom. The first kappa shape index (κ1) is 23.1. The Balaban J connectivity index is 1.84. The summed E-state index contributed by atoms with van der Waals surface area (Å²) in [6.07, 6.45) is 0.862. The number of aryl methyl sites for hydroxylation is 2. The Labute approximate surface area is 194 Å². The maximum atomic E-state index is 13.7. The van der Waals surface area contributed by atoms with E-state index in [2.05, 4.69) is 4.90 Å². The largest absolute Gasteiger partial charge is 0.491 e. The fourth-order valence-electron chi connectivity index (χ4n) is 4.41. The first-order valence-electron chi connectivity index (χ1n) is 11.5. The summed E-state index contributed by atoms with van der Waals surface area (Å²) in [6.45, 7) is 9.28. The van der Waals surface area contributed by atoms with Crippen molar-refractivity contribution in [3.8, 4) is 5.75 Å². The summed E-state index contributed by atoms with van der Waals surface area (Å²) in [5.74, 6) is 0.690. The van der Waals surface area contributed by atoms with Crippen molar-refractivity contribution < 1.29 is 13.9 Å². The lowest BCUT2D eigenvalue weighted by Gasteiger charge is -2.26. The van der Waals surface area contributed by atoms with Crippen LogP contribution in [0.15, 0.2) is 45.6 Å². The van der Waals surface area contributed by atoms with Crippen LogP contribution >= 0.6 is 0 Å². The zero-order valence-corrected chi connectivity index (χ0v) is 20.3. The van der Waals surface area contributed by atoms with Gasteiger partial charge in [0.05, 0.1) is 23.1 Å². The Morgan fingerprint density at radius 3 is 2.36 bits per heavy atom. The van der Waals surface area contributed by atoms with Gasteiger partial charge in [0.25, 0.3) is 5.91 Å². The van der Waals surface area contributed by atoms with Crippen molar-refractivity contribution in [2.24, 2.45) is 0 Å². The van der Waals surface area contributed by atoms with Crippen molar-refractivity contribution in [2.75, 3.05) is 27.2 Å². The smallest absolute Gasteiger partial charge is 0.290 e. The number of benzene rings is 2. The highest BCUT2D eigenvalue weighted by molar-refractivity contribution is 5.99. The average Bonchev–Trinajstić information content (AvgIpc) is 3.02. The van der Waals surface area contributed by atoms with Crippen molar-refractivity contribution in [1.82, 2.24) is 9.80 Å². The summed E-state index contributed by atoms with van der Waals surface area (Å²) in [5, 5.41) is 0.518. The first-order chi connectivity index (χ1) is 15.7. The van der Waals surface area contributed by atoms with Crippen molar-refractivity contribution in [2.45, 2.75) is 46.3 Å². The van der Waals surface area contributed by atoms with Gasteiger partial charge in [0.2, 0.25) is 5.76 Å². The van der Waals surface area contributed by atoms with E-state index in [0.29, 0.717) is 23.1 Å². The monoisotopic (exact) mass is 448 g/mol. The van der Waals surface area contributed by atoms with E-state index in [1.165, 1.54) is 0 Å². The molecule has 1 atom stereocenters.